The van der Waals surface area contributed by atoms with Gasteiger partial charge in [-0.15, -0.1) is 0 Å². The fourth-order valence-corrected chi connectivity index (χ4v) is 8.14. The summed E-state index contributed by atoms with van der Waals surface area (Å²) in [5.74, 6) is -0.0746. The van der Waals surface area contributed by atoms with Crippen molar-refractivity contribution < 1.29 is 15.0 Å². The lowest BCUT2D eigenvalue weighted by molar-refractivity contribution is -0.123. The van der Waals surface area contributed by atoms with Crippen LogP contribution in [0.1, 0.15) is 264 Å². The molecule has 2 unspecified atom stereocenters. The molecule has 0 aliphatic carbocycles. The molecule has 0 saturated heterocycles. The number of aliphatic hydroxyl groups excluding tert-OH is 2. The van der Waals surface area contributed by atoms with Crippen LogP contribution in [0.3, 0.4) is 0 Å². The first-order chi connectivity index (χ1) is 32.2. The summed E-state index contributed by atoms with van der Waals surface area (Å²) in [7, 11) is 0. The zero-order chi connectivity index (χ0) is 47.0. The Bertz CT molecular complexity index is 1210. The lowest BCUT2D eigenvalue weighted by Gasteiger charge is -2.22. The molecule has 65 heavy (non-hydrogen) atoms. The van der Waals surface area contributed by atoms with Gasteiger partial charge in [-0.3, -0.25) is 4.79 Å². The molecule has 1 amide bonds. The van der Waals surface area contributed by atoms with Gasteiger partial charge in [-0.2, -0.15) is 0 Å². The highest BCUT2D eigenvalue weighted by Gasteiger charge is 2.20. The number of aliphatic hydroxyl groups is 2. The largest absolute Gasteiger partial charge is 0.394 e. The quantitative estimate of drug-likeness (QED) is 0.0421. The van der Waals surface area contributed by atoms with Gasteiger partial charge in [-0.05, 0) is 77.0 Å². The lowest BCUT2D eigenvalue weighted by Crippen LogP contribution is -2.45. The van der Waals surface area contributed by atoms with E-state index in [2.05, 4.69) is 116 Å². The number of hydrogen-bond donors (Lipinski definition) is 3. The second kappa shape index (κ2) is 55.6. The molecule has 0 heterocycles. The summed E-state index contributed by atoms with van der Waals surface area (Å²) in [5.41, 5.74) is 0. The topological polar surface area (TPSA) is 69.6 Å². The molecule has 0 saturated carbocycles. The van der Waals surface area contributed by atoms with Crippen LogP contribution in [0.15, 0.2) is 97.2 Å². The Labute approximate surface area is 404 Å². The number of hydrogen-bond acceptors (Lipinski definition) is 3. The maximum absolute atomic E-state index is 12.5. The Kier molecular flexibility index (Phi) is 53.3. The molecular weight excluding hydrogens is 795 g/mol. The smallest absolute Gasteiger partial charge is 0.220 e. The highest BCUT2D eigenvalue weighted by Crippen LogP contribution is 2.17. The second-order valence-corrected chi connectivity index (χ2v) is 18.6. The van der Waals surface area contributed by atoms with Crippen LogP contribution in [0, 0.1) is 0 Å². The minimum atomic E-state index is -0.686. The fraction of sp³-hybridized carbons (Fsp3) is 0.721. The predicted octanol–water partition coefficient (Wildman–Crippen LogP) is 18.5. The third kappa shape index (κ3) is 52.1. The lowest BCUT2D eigenvalue weighted by atomic mass is 10.0. The Morgan fingerprint density at radius 2 is 0.677 bits per heavy atom. The average Bonchev–Trinajstić information content (AvgIpc) is 3.31. The third-order valence-corrected chi connectivity index (χ3v) is 12.4. The van der Waals surface area contributed by atoms with Crippen molar-refractivity contribution in [1.82, 2.24) is 5.32 Å². The van der Waals surface area contributed by atoms with Crippen molar-refractivity contribution >= 4 is 5.91 Å². The first-order valence-corrected chi connectivity index (χ1v) is 27.9. The zero-order valence-electron chi connectivity index (χ0n) is 43.0. The van der Waals surface area contributed by atoms with Crippen LogP contribution >= 0.6 is 0 Å². The van der Waals surface area contributed by atoms with Crippen molar-refractivity contribution in [2.75, 3.05) is 6.61 Å². The first kappa shape index (κ1) is 62.3. The van der Waals surface area contributed by atoms with E-state index in [0.29, 0.717) is 12.8 Å². The molecule has 3 N–H and O–H groups in total. The third-order valence-electron chi connectivity index (χ3n) is 12.4. The van der Waals surface area contributed by atoms with Crippen molar-refractivity contribution in [2.24, 2.45) is 0 Å². The molecular formula is C61H107NO3. The van der Waals surface area contributed by atoms with E-state index >= 15 is 0 Å². The van der Waals surface area contributed by atoms with Gasteiger partial charge in [0.15, 0.2) is 0 Å². The maximum atomic E-state index is 12.5. The van der Waals surface area contributed by atoms with E-state index in [1.165, 1.54) is 154 Å². The molecule has 0 aromatic heterocycles. The summed E-state index contributed by atoms with van der Waals surface area (Å²) < 4.78 is 0. The van der Waals surface area contributed by atoms with Crippen LogP contribution in [0.4, 0.5) is 0 Å². The molecule has 4 nitrogen and oxygen atoms in total. The number of unbranched alkanes of at least 4 members (excludes halogenated alkanes) is 27. The van der Waals surface area contributed by atoms with Crippen molar-refractivity contribution in [3.63, 3.8) is 0 Å². The summed E-state index contributed by atoms with van der Waals surface area (Å²) in [6, 6.07) is -0.568. The van der Waals surface area contributed by atoms with E-state index in [4.69, 9.17) is 0 Å². The van der Waals surface area contributed by atoms with Crippen molar-refractivity contribution in [2.45, 2.75) is 276 Å². The highest BCUT2D eigenvalue weighted by atomic mass is 16.3. The summed E-state index contributed by atoms with van der Waals surface area (Å²) >= 11 is 0. The number of carbonyl (C=O) groups excluding carboxylic acids is 1. The standard InChI is InChI=1S/C61H107NO3/c1-3-5-7-9-11-13-15-17-19-21-23-25-27-29-31-33-35-37-39-41-43-45-47-49-51-53-55-57-61(65)62-59(58-63)60(64)56-54-52-50-48-46-44-42-40-38-36-34-32-30-28-26-24-22-20-18-16-14-12-10-8-6-4-2/h5,7,11,13,17,19,23,25,29,31,35,37,41,43,47,49,59-60,63-64H,3-4,6,8-10,12,14-16,18,20-22,24,26-28,30,32-34,36,38-40,42,44-46,48,50-58H2,1-2H3,(H,62,65)/b7-5-,13-11-,19-17-,25-23-,31-29-,37-35-,43-41-,49-47-. The summed E-state index contributed by atoms with van der Waals surface area (Å²) in [5, 5.41) is 23.3. The van der Waals surface area contributed by atoms with E-state index in [9.17, 15) is 15.0 Å². The number of rotatable bonds is 50. The molecule has 374 valence electrons. The Hall–Kier alpha value is -2.69. The SMILES string of the molecule is CC/C=C\C/C=C\C/C=C\C/C=C\C/C=C\C/C=C\C/C=C\C/C=C\CCCCC(=O)NC(CO)C(O)CCCCCCCCCCCCCCCCCCCCCCCCCCCC. The Morgan fingerprint density at radius 1 is 0.385 bits per heavy atom. The normalized spacial score (nSPS) is 13.6. The van der Waals surface area contributed by atoms with Crippen molar-refractivity contribution in [1.29, 1.82) is 0 Å². The molecule has 0 fully saturated rings. The second-order valence-electron chi connectivity index (χ2n) is 18.6. The molecule has 0 bridgehead atoms. The van der Waals surface area contributed by atoms with Crippen LogP contribution in [-0.4, -0.2) is 34.9 Å². The molecule has 0 rings (SSSR count). The number of amides is 1. The van der Waals surface area contributed by atoms with Crippen LogP contribution in [0.25, 0.3) is 0 Å². The molecule has 0 aromatic rings. The minimum Gasteiger partial charge on any atom is -0.394 e. The number of nitrogens with one attached hydrogen (secondary N) is 1. The first-order valence-electron chi connectivity index (χ1n) is 27.9. The highest BCUT2D eigenvalue weighted by molar-refractivity contribution is 5.76. The van der Waals surface area contributed by atoms with E-state index in [-0.39, 0.29) is 12.5 Å². The molecule has 0 aliphatic rings. The van der Waals surface area contributed by atoms with Gasteiger partial charge in [-0.1, -0.05) is 278 Å². The van der Waals surface area contributed by atoms with Crippen LogP contribution in [-0.2, 0) is 4.79 Å². The van der Waals surface area contributed by atoms with Gasteiger partial charge in [0, 0.05) is 6.42 Å². The fourth-order valence-electron chi connectivity index (χ4n) is 8.14. The predicted molar refractivity (Wildman–Crippen MR) is 290 cm³/mol. The number of allylic oxidation sites excluding steroid dienone is 16. The Balaban J connectivity index is 3.60. The summed E-state index contributed by atoms with van der Waals surface area (Å²) in [6.45, 7) is 4.24. The molecule has 0 spiro atoms. The monoisotopic (exact) mass is 902 g/mol. The van der Waals surface area contributed by atoms with Gasteiger partial charge in [0.2, 0.25) is 5.91 Å². The molecule has 0 aromatic carbocycles. The van der Waals surface area contributed by atoms with Gasteiger partial charge in [0.1, 0.15) is 0 Å². The van der Waals surface area contributed by atoms with Gasteiger partial charge < -0.3 is 15.5 Å². The van der Waals surface area contributed by atoms with E-state index in [1.807, 2.05) is 0 Å². The van der Waals surface area contributed by atoms with Crippen LogP contribution in [0.5, 0.6) is 0 Å². The van der Waals surface area contributed by atoms with Gasteiger partial charge in [-0.25, -0.2) is 0 Å². The van der Waals surface area contributed by atoms with Gasteiger partial charge >= 0.3 is 0 Å². The maximum Gasteiger partial charge on any atom is 0.220 e. The van der Waals surface area contributed by atoms with E-state index in [1.54, 1.807) is 0 Å². The van der Waals surface area contributed by atoms with Crippen LogP contribution < -0.4 is 5.32 Å². The molecule has 0 aliphatic heterocycles. The van der Waals surface area contributed by atoms with Crippen molar-refractivity contribution in [3.05, 3.63) is 97.2 Å². The molecule has 2 atom stereocenters. The van der Waals surface area contributed by atoms with E-state index in [0.717, 1.165) is 83.5 Å². The summed E-state index contributed by atoms with van der Waals surface area (Å²) in [4.78, 5) is 12.5. The van der Waals surface area contributed by atoms with Crippen LogP contribution in [0.2, 0.25) is 0 Å². The number of carbonyl (C=O) groups is 1. The molecule has 0 radical (unpaired) electrons. The molecule has 4 heteroatoms. The van der Waals surface area contributed by atoms with Gasteiger partial charge in [0.25, 0.3) is 0 Å². The van der Waals surface area contributed by atoms with Gasteiger partial charge in [0.05, 0.1) is 18.8 Å². The van der Waals surface area contributed by atoms with E-state index < -0.39 is 12.1 Å². The minimum absolute atomic E-state index is 0.0746. The Morgan fingerprint density at radius 3 is 0.985 bits per heavy atom. The average molecular weight is 903 g/mol. The zero-order valence-corrected chi connectivity index (χ0v) is 43.0. The summed E-state index contributed by atoms with van der Waals surface area (Å²) in [6.07, 6.45) is 82.5. The van der Waals surface area contributed by atoms with Crippen molar-refractivity contribution in [3.8, 4) is 0 Å².